The fourth-order valence-corrected chi connectivity index (χ4v) is 6.57. The Morgan fingerprint density at radius 1 is 1.03 bits per heavy atom. The molecule has 30 heavy (non-hydrogen) atoms. The highest BCUT2D eigenvalue weighted by Crippen LogP contribution is 2.36. The number of hydrogen-bond donors (Lipinski definition) is 0. The van der Waals surface area contributed by atoms with Gasteiger partial charge in [0.15, 0.2) is 5.01 Å². The zero-order chi connectivity index (χ0) is 20.9. The van der Waals surface area contributed by atoms with Gasteiger partial charge < -0.3 is 0 Å². The first-order valence-corrected chi connectivity index (χ1v) is 11.8. The number of hydrogen-bond acceptors (Lipinski definition) is 5. The van der Waals surface area contributed by atoms with Crippen LogP contribution in [0.4, 0.5) is 5.69 Å². The van der Waals surface area contributed by atoms with Crippen LogP contribution in [0.25, 0.3) is 10.2 Å². The van der Waals surface area contributed by atoms with Gasteiger partial charge in [-0.2, -0.15) is 0 Å². The fourth-order valence-electron chi connectivity index (χ4n) is 3.91. The Hall–Kier alpha value is -3.03. The zero-order valence-electron chi connectivity index (χ0n) is 16.1. The van der Waals surface area contributed by atoms with Crippen LogP contribution in [-0.4, -0.2) is 25.2 Å². The van der Waals surface area contributed by atoms with E-state index in [1.165, 1.54) is 27.8 Å². The Morgan fingerprint density at radius 3 is 2.63 bits per heavy atom. The molecular formula is C23H18N2O3S2. The molecule has 3 aromatic carbocycles. The molecule has 0 fully saturated rings. The molecule has 1 aliphatic heterocycles. The van der Waals surface area contributed by atoms with Gasteiger partial charge in [-0.15, -0.1) is 11.3 Å². The topological polar surface area (TPSA) is 67.3 Å². The summed E-state index contributed by atoms with van der Waals surface area (Å²) in [5.74, 6) is -0.275. The summed E-state index contributed by atoms with van der Waals surface area (Å²) >= 11 is 1.31. The van der Waals surface area contributed by atoms with Crippen LogP contribution in [0.3, 0.4) is 0 Å². The monoisotopic (exact) mass is 434 g/mol. The van der Waals surface area contributed by atoms with E-state index in [0.717, 1.165) is 15.8 Å². The van der Waals surface area contributed by atoms with Gasteiger partial charge >= 0.3 is 0 Å². The second kappa shape index (κ2) is 7.04. The molecule has 0 saturated carbocycles. The standard InChI is InChI=1S/C23H18N2O3S2/c1-15-13-16-7-2-4-11-20(16)25(15)30(27,28)18-9-6-8-17(14-18)22(26)23-24-19-10-3-5-12-21(19)29-23/h2-12,14-15H,13H2,1H3/t15-/m0/s1. The van der Waals surface area contributed by atoms with E-state index in [9.17, 15) is 13.2 Å². The van der Waals surface area contributed by atoms with Gasteiger partial charge in [0.1, 0.15) is 0 Å². The van der Waals surface area contributed by atoms with Crippen molar-refractivity contribution in [2.45, 2.75) is 24.3 Å². The summed E-state index contributed by atoms with van der Waals surface area (Å²) < 4.78 is 29.3. The van der Waals surface area contributed by atoms with Gasteiger partial charge in [-0.25, -0.2) is 13.4 Å². The Balaban J connectivity index is 1.54. The minimum atomic E-state index is -3.80. The maximum absolute atomic E-state index is 13.5. The lowest BCUT2D eigenvalue weighted by Crippen LogP contribution is -2.35. The Morgan fingerprint density at radius 2 is 1.80 bits per heavy atom. The minimum Gasteiger partial charge on any atom is -0.286 e. The molecule has 1 atom stereocenters. The van der Waals surface area contributed by atoms with Crippen molar-refractivity contribution in [2.24, 2.45) is 0 Å². The van der Waals surface area contributed by atoms with E-state index < -0.39 is 10.0 Å². The molecule has 7 heteroatoms. The highest BCUT2D eigenvalue weighted by atomic mass is 32.2. The molecule has 1 aliphatic rings. The summed E-state index contributed by atoms with van der Waals surface area (Å²) in [6.45, 7) is 1.90. The van der Waals surface area contributed by atoms with Crippen molar-refractivity contribution in [3.8, 4) is 0 Å². The maximum atomic E-state index is 13.5. The van der Waals surface area contributed by atoms with Gasteiger partial charge in [0.2, 0.25) is 5.78 Å². The molecule has 2 heterocycles. The van der Waals surface area contributed by atoms with E-state index in [-0.39, 0.29) is 16.7 Å². The first-order chi connectivity index (χ1) is 14.4. The van der Waals surface area contributed by atoms with Crippen LogP contribution >= 0.6 is 11.3 Å². The largest absolute Gasteiger partial charge is 0.286 e. The number of thiazole rings is 1. The second-order valence-electron chi connectivity index (χ2n) is 7.33. The second-order valence-corrected chi connectivity index (χ2v) is 10.2. The number of rotatable bonds is 4. The first kappa shape index (κ1) is 19.0. The number of fused-ring (bicyclic) bond motifs is 2. The van der Waals surface area contributed by atoms with Crippen molar-refractivity contribution < 1.29 is 13.2 Å². The van der Waals surface area contributed by atoms with Crippen molar-refractivity contribution >= 4 is 43.0 Å². The van der Waals surface area contributed by atoms with Crippen molar-refractivity contribution in [2.75, 3.05) is 4.31 Å². The molecule has 0 spiro atoms. The van der Waals surface area contributed by atoms with E-state index in [4.69, 9.17) is 0 Å². The van der Waals surface area contributed by atoms with Crippen LogP contribution in [0.1, 0.15) is 27.9 Å². The zero-order valence-corrected chi connectivity index (χ0v) is 17.8. The van der Waals surface area contributed by atoms with E-state index >= 15 is 0 Å². The smallest absolute Gasteiger partial charge is 0.264 e. The lowest BCUT2D eigenvalue weighted by atomic mass is 10.1. The van der Waals surface area contributed by atoms with E-state index in [1.807, 2.05) is 55.5 Å². The SMILES string of the molecule is C[C@H]1Cc2ccccc2N1S(=O)(=O)c1cccc(C(=O)c2nc3ccccc3s2)c1. The van der Waals surface area contributed by atoms with Gasteiger partial charge in [0.25, 0.3) is 10.0 Å². The molecule has 4 aromatic rings. The highest BCUT2D eigenvalue weighted by Gasteiger charge is 2.36. The quantitative estimate of drug-likeness (QED) is 0.438. The number of para-hydroxylation sites is 2. The number of aromatic nitrogens is 1. The number of sulfonamides is 1. The summed E-state index contributed by atoms with van der Waals surface area (Å²) in [6, 6.07) is 21.1. The number of carbonyl (C=O) groups is 1. The van der Waals surface area contributed by atoms with Crippen molar-refractivity contribution in [3.05, 3.63) is 88.9 Å². The number of anilines is 1. The van der Waals surface area contributed by atoms with E-state index in [1.54, 1.807) is 12.1 Å². The predicted octanol–water partition coefficient (Wildman–Crippen LogP) is 4.67. The van der Waals surface area contributed by atoms with Gasteiger partial charge in [0.05, 0.1) is 20.8 Å². The van der Waals surface area contributed by atoms with Crippen LogP contribution in [0.15, 0.2) is 77.7 Å². The van der Waals surface area contributed by atoms with Gasteiger partial charge in [-0.1, -0.05) is 42.5 Å². The van der Waals surface area contributed by atoms with Crippen LogP contribution in [0.2, 0.25) is 0 Å². The lowest BCUT2D eigenvalue weighted by Gasteiger charge is -2.24. The van der Waals surface area contributed by atoms with Crippen molar-refractivity contribution in [3.63, 3.8) is 0 Å². The lowest BCUT2D eigenvalue weighted by molar-refractivity contribution is 0.103. The van der Waals surface area contributed by atoms with E-state index in [2.05, 4.69) is 4.98 Å². The third-order valence-electron chi connectivity index (χ3n) is 5.29. The average molecular weight is 435 g/mol. The van der Waals surface area contributed by atoms with E-state index in [0.29, 0.717) is 22.7 Å². The molecule has 0 amide bonds. The molecule has 5 rings (SSSR count). The Bertz CT molecular complexity index is 1360. The molecule has 150 valence electrons. The van der Waals surface area contributed by atoms with Crippen molar-refractivity contribution in [1.29, 1.82) is 0 Å². The molecule has 0 bridgehead atoms. The maximum Gasteiger partial charge on any atom is 0.264 e. The fraction of sp³-hybridized carbons (Fsp3) is 0.130. The molecule has 1 aromatic heterocycles. The van der Waals surface area contributed by atoms with Gasteiger partial charge in [-0.3, -0.25) is 9.10 Å². The van der Waals surface area contributed by atoms with Crippen LogP contribution in [-0.2, 0) is 16.4 Å². The van der Waals surface area contributed by atoms with Crippen LogP contribution in [0, 0.1) is 0 Å². The normalized spacial score (nSPS) is 16.0. The summed E-state index contributed by atoms with van der Waals surface area (Å²) in [5.41, 5.74) is 2.79. The average Bonchev–Trinajstić information content (AvgIpc) is 3.33. The number of ketones is 1. The van der Waals surface area contributed by atoms with Gasteiger partial charge in [-0.05, 0) is 49.2 Å². The Labute approximate surface area is 178 Å². The third-order valence-corrected chi connectivity index (χ3v) is 8.25. The molecule has 0 unspecified atom stereocenters. The first-order valence-electron chi connectivity index (χ1n) is 9.58. The number of benzene rings is 3. The number of carbonyl (C=O) groups excluding carboxylic acids is 1. The van der Waals surface area contributed by atoms with Gasteiger partial charge in [0, 0.05) is 11.6 Å². The molecule has 0 radical (unpaired) electrons. The Kier molecular flexibility index (Phi) is 4.45. The summed E-state index contributed by atoms with van der Waals surface area (Å²) in [7, 11) is -3.80. The summed E-state index contributed by atoms with van der Waals surface area (Å²) in [5, 5.41) is 0.352. The third kappa shape index (κ3) is 3.02. The molecule has 0 aliphatic carbocycles. The molecule has 0 saturated heterocycles. The summed E-state index contributed by atoms with van der Waals surface area (Å²) in [4.78, 5) is 17.5. The van der Waals surface area contributed by atoms with Crippen LogP contribution < -0.4 is 4.31 Å². The molecule has 5 nitrogen and oxygen atoms in total. The predicted molar refractivity (Wildman–Crippen MR) is 119 cm³/mol. The molecule has 0 N–H and O–H groups in total. The number of nitrogens with zero attached hydrogens (tertiary/aromatic N) is 2. The summed E-state index contributed by atoms with van der Waals surface area (Å²) in [6.07, 6.45) is 0.666. The van der Waals surface area contributed by atoms with Crippen LogP contribution in [0.5, 0.6) is 0 Å². The minimum absolute atomic E-state index is 0.109. The molecular weight excluding hydrogens is 416 g/mol. The highest BCUT2D eigenvalue weighted by molar-refractivity contribution is 7.92. The van der Waals surface area contributed by atoms with Crippen molar-refractivity contribution in [1.82, 2.24) is 4.98 Å².